The molecular weight excluding hydrogens is 394 g/mol. The van der Waals surface area contributed by atoms with Gasteiger partial charge in [0.2, 0.25) is 5.91 Å². The molecule has 1 amide bonds. The Bertz CT molecular complexity index is 1370. The second-order valence-electron chi connectivity index (χ2n) is 7.41. The highest BCUT2D eigenvalue weighted by Crippen LogP contribution is 2.29. The number of imidazole rings is 1. The van der Waals surface area contributed by atoms with Crippen LogP contribution in [-0.2, 0) is 4.79 Å². The largest absolute Gasteiger partial charge is 0.335 e. The van der Waals surface area contributed by atoms with Crippen molar-refractivity contribution in [3.8, 4) is 22.8 Å². The second kappa shape index (κ2) is 7.58. The minimum absolute atomic E-state index is 0.108. The van der Waals surface area contributed by atoms with E-state index in [9.17, 15) is 4.79 Å². The zero-order valence-corrected chi connectivity index (χ0v) is 16.9. The molecule has 10 heteroatoms. The number of likely N-dealkylation sites (N-methyl/N-ethyl adjacent to an activating group) is 1. The molecule has 10 nitrogen and oxygen atoms in total. The molecule has 0 aliphatic heterocycles. The molecule has 0 saturated heterocycles. The molecule has 5 heterocycles. The van der Waals surface area contributed by atoms with E-state index in [-0.39, 0.29) is 5.91 Å². The number of fused-ring (bicyclic) bond motifs is 2. The number of amides is 1. The van der Waals surface area contributed by atoms with Crippen LogP contribution in [0, 0.1) is 0 Å². The molecule has 31 heavy (non-hydrogen) atoms. The second-order valence-corrected chi connectivity index (χ2v) is 7.41. The summed E-state index contributed by atoms with van der Waals surface area (Å²) in [5, 5.41) is 11.2. The Morgan fingerprint density at radius 1 is 1.10 bits per heavy atom. The Morgan fingerprint density at radius 2 is 2.00 bits per heavy atom. The Hall–Kier alpha value is -4.18. The van der Waals surface area contributed by atoms with Gasteiger partial charge < -0.3 is 15.2 Å². The monoisotopic (exact) mass is 413 g/mol. The summed E-state index contributed by atoms with van der Waals surface area (Å²) in [6.45, 7) is 0.292. The van der Waals surface area contributed by atoms with E-state index in [1.807, 2.05) is 32.3 Å². The minimum atomic E-state index is -0.108. The lowest BCUT2D eigenvalue weighted by Crippen LogP contribution is -2.27. The van der Waals surface area contributed by atoms with E-state index < -0.39 is 0 Å². The molecule has 0 spiro atoms. The predicted octanol–water partition coefficient (Wildman–Crippen LogP) is 2.46. The summed E-state index contributed by atoms with van der Waals surface area (Å²) >= 11 is 0. The molecule has 0 saturated carbocycles. The summed E-state index contributed by atoms with van der Waals surface area (Å²) in [4.78, 5) is 34.6. The molecule has 0 fully saturated rings. The molecule has 0 aliphatic rings. The molecule has 5 aromatic rings. The number of carbonyl (C=O) groups excluding carboxylic acids is 1. The van der Waals surface area contributed by atoms with Crippen molar-refractivity contribution >= 4 is 33.5 Å². The SMILES string of the molecule is CN(C)CC(=O)Nc1cncc(-c2cc3c(-c4nc5ccncc5[nH]4)n[nH]c3cn2)c1. The smallest absolute Gasteiger partial charge is 0.238 e. The molecule has 5 rings (SSSR count). The number of aromatic nitrogens is 7. The quantitative estimate of drug-likeness (QED) is 0.404. The van der Waals surface area contributed by atoms with Gasteiger partial charge in [-0.1, -0.05) is 0 Å². The van der Waals surface area contributed by atoms with Crippen molar-refractivity contribution in [2.45, 2.75) is 0 Å². The number of rotatable bonds is 5. The number of nitrogens with one attached hydrogen (secondary N) is 3. The van der Waals surface area contributed by atoms with Crippen LogP contribution in [0.2, 0.25) is 0 Å². The fourth-order valence-corrected chi connectivity index (χ4v) is 3.36. The van der Waals surface area contributed by atoms with Crippen molar-refractivity contribution < 1.29 is 4.79 Å². The Kier molecular flexibility index (Phi) is 4.60. The Morgan fingerprint density at radius 3 is 2.84 bits per heavy atom. The zero-order chi connectivity index (χ0) is 21.4. The maximum atomic E-state index is 12.1. The van der Waals surface area contributed by atoms with Gasteiger partial charge in [0.15, 0.2) is 5.82 Å². The van der Waals surface area contributed by atoms with Crippen LogP contribution in [0.15, 0.2) is 49.2 Å². The van der Waals surface area contributed by atoms with E-state index in [1.54, 1.807) is 35.9 Å². The van der Waals surface area contributed by atoms with Crippen LogP contribution in [0.25, 0.3) is 44.7 Å². The fourth-order valence-electron chi connectivity index (χ4n) is 3.36. The van der Waals surface area contributed by atoms with Gasteiger partial charge in [0, 0.05) is 23.3 Å². The summed E-state index contributed by atoms with van der Waals surface area (Å²) in [5.41, 5.74) is 5.26. The van der Waals surface area contributed by atoms with Crippen molar-refractivity contribution in [3.63, 3.8) is 0 Å². The standard InChI is InChI=1S/C21H19N9O/c1-30(2)11-19(31)25-13-5-12(7-23-8-13)16-6-14-17(10-24-16)28-29-20(14)21-26-15-3-4-22-9-18(15)27-21/h3-10H,11H2,1-2H3,(H,25,31)(H,26,27)(H,28,29). The number of hydrogen-bond acceptors (Lipinski definition) is 7. The van der Waals surface area contributed by atoms with E-state index >= 15 is 0 Å². The Labute approximate surface area is 176 Å². The third kappa shape index (κ3) is 3.71. The predicted molar refractivity (Wildman–Crippen MR) is 117 cm³/mol. The van der Waals surface area contributed by atoms with E-state index in [4.69, 9.17) is 0 Å². The maximum Gasteiger partial charge on any atom is 0.238 e. The maximum absolute atomic E-state index is 12.1. The van der Waals surface area contributed by atoms with Crippen molar-refractivity contribution in [2.75, 3.05) is 26.0 Å². The third-order valence-corrected chi connectivity index (χ3v) is 4.73. The van der Waals surface area contributed by atoms with Gasteiger partial charge >= 0.3 is 0 Å². The first-order valence-corrected chi connectivity index (χ1v) is 9.61. The number of pyridine rings is 3. The average molecular weight is 413 g/mol. The van der Waals surface area contributed by atoms with Crippen LogP contribution in [-0.4, -0.2) is 66.6 Å². The van der Waals surface area contributed by atoms with Crippen molar-refractivity contribution in [2.24, 2.45) is 0 Å². The van der Waals surface area contributed by atoms with Gasteiger partial charge in [-0.2, -0.15) is 5.10 Å². The lowest BCUT2D eigenvalue weighted by atomic mass is 10.1. The number of aromatic amines is 2. The van der Waals surface area contributed by atoms with E-state index in [0.717, 1.165) is 27.5 Å². The molecule has 0 unspecified atom stereocenters. The van der Waals surface area contributed by atoms with Crippen LogP contribution in [0.3, 0.4) is 0 Å². The molecule has 3 N–H and O–H groups in total. The first-order chi connectivity index (χ1) is 15.1. The Balaban J connectivity index is 1.51. The summed E-state index contributed by atoms with van der Waals surface area (Å²) in [6.07, 6.45) is 8.48. The third-order valence-electron chi connectivity index (χ3n) is 4.73. The normalized spacial score (nSPS) is 11.5. The average Bonchev–Trinajstić information content (AvgIpc) is 3.36. The van der Waals surface area contributed by atoms with Gasteiger partial charge in [0.1, 0.15) is 5.69 Å². The van der Waals surface area contributed by atoms with Crippen LogP contribution >= 0.6 is 0 Å². The van der Waals surface area contributed by atoms with Gasteiger partial charge in [-0.3, -0.25) is 24.8 Å². The van der Waals surface area contributed by atoms with Gasteiger partial charge in [-0.05, 0) is 32.3 Å². The number of H-pyrrole nitrogens is 2. The highest BCUT2D eigenvalue weighted by Gasteiger charge is 2.15. The lowest BCUT2D eigenvalue weighted by Gasteiger charge is -2.10. The topological polar surface area (TPSA) is 128 Å². The minimum Gasteiger partial charge on any atom is -0.335 e. The summed E-state index contributed by atoms with van der Waals surface area (Å²) in [5.74, 6) is 0.540. The molecule has 0 bridgehead atoms. The van der Waals surface area contributed by atoms with Crippen LogP contribution < -0.4 is 5.32 Å². The fraction of sp³-hybridized carbons (Fsp3) is 0.143. The van der Waals surface area contributed by atoms with E-state index in [0.29, 0.717) is 29.4 Å². The molecule has 0 aliphatic carbocycles. The van der Waals surface area contributed by atoms with Crippen LogP contribution in [0.5, 0.6) is 0 Å². The first kappa shape index (κ1) is 18.8. The highest BCUT2D eigenvalue weighted by molar-refractivity contribution is 5.95. The number of nitrogens with zero attached hydrogens (tertiary/aromatic N) is 6. The van der Waals surface area contributed by atoms with Crippen LogP contribution in [0.1, 0.15) is 0 Å². The van der Waals surface area contributed by atoms with Gasteiger partial charge in [0.25, 0.3) is 0 Å². The summed E-state index contributed by atoms with van der Waals surface area (Å²) < 4.78 is 0. The van der Waals surface area contributed by atoms with Gasteiger partial charge in [-0.15, -0.1) is 0 Å². The molecule has 0 aromatic carbocycles. The molecular formula is C21H19N9O. The molecule has 5 aromatic heterocycles. The van der Waals surface area contributed by atoms with E-state index in [1.165, 1.54) is 0 Å². The number of hydrogen-bond donors (Lipinski definition) is 3. The van der Waals surface area contributed by atoms with Gasteiger partial charge in [0.05, 0.1) is 53.1 Å². The van der Waals surface area contributed by atoms with Crippen molar-refractivity contribution in [1.29, 1.82) is 0 Å². The van der Waals surface area contributed by atoms with Crippen molar-refractivity contribution in [1.82, 2.24) is 40.0 Å². The number of anilines is 1. The van der Waals surface area contributed by atoms with Crippen LogP contribution in [0.4, 0.5) is 5.69 Å². The summed E-state index contributed by atoms with van der Waals surface area (Å²) in [6, 6.07) is 5.63. The molecule has 0 radical (unpaired) electrons. The summed E-state index contributed by atoms with van der Waals surface area (Å²) in [7, 11) is 3.68. The van der Waals surface area contributed by atoms with Gasteiger partial charge in [-0.25, -0.2) is 4.98 Å². The highest BCUT2D eigenvalue weighted by atomic mass is 16.2. The lowest BCUT2D eigenvalue weighted by molar-refractivity contribution is -0.116. The molecule has 154 valence electrons. The zero-order valence-electron chi connectivity index (χ0n) is 16.9. The van der Waals surface area contributed by atoms with E-state index in [2.05, 4.69) is 40.4 Å². The van der Waals surface area contributed by atoms with Crippen molar-refractivity contribution in [3.05, 3.63) is 49.2 Å². The molecule has 0 atom stereocenters. The number of carbonyl (C=O) groups is 1. The first-order valence-electron chi connectivity index (χ1n) is 9.61.